The number of anilines is 2. The standard InChI is InChI=1S/C14H15N3OS/c1-2-9-5-6-19-13(9)8-16-14-17-11-7-10(15)3-4-12(11)18-14/h3-7H,2,8,15H2,1H3,(H,16,17). The molecule has 3 aromatic rings. The Morgan fingerprint density at radius 3 is 3.11 bits per heavy atom. The van der Waals surface area contributed by atoms with Gasteiger partial charge in [-0.15, -0.1) is 11.3 Å². The van der Waals surface area contributed by atoms with Crippen molar-refractivity contribution in [1.82, 2.24) is 4.98 Å². The third-order valence-electron chi connectivity index (χ3n) is 3.03. The number of nitrogen functional groups attached to an aromatic ring is 1. The Morgan fingerprint density at radius 2 is 2.26 bits per heavy atom. The van der Waals surface area contributed by atoms with E-state index < -0.39 is 0 Å². The molecule has 0 aliphatic rings. The molecular weight excluding hydrogens is 258 g/mol. The van der Waals surface area contributed by atoms with Crippen LogP contribution < -0.4 is 11.1 Å². The molecule has 0 bridgehead atoms. The predicted molar refractivity (Wildman–Crippen MR) is 79.4 cm³/mol. The lowest BCUT2D eigenvalue weighted by Gasteiger charge is -2.01. The van der Waals surface area contributed by atoms with E-state index in [-0.39, 0.29) is 0 Å². The maximum absolute atomic E-state index is 5.72. The normalized spacial score (nSPS) is 11.0. The molecule has 0 saturated heterocycles. The van der Waals surface area contributed by atoms with Crippen LogP contribution in [0.25, 0.3) is 11.1 Å². The number of thiophene rings is 1. The maximum atomic E-state index is 5.72. The lowest BCUT2D eigenvalue weighted by Crippen LogP contribution is -1.99. The van der Waals surface area contributed by atoms with Gasteiger partial charge in [-0.25, -0.2) is 0 Å². The van der Waals surface area contributed by atoms with Gasteiger partial charge < -0.3 is 15.5 Å². The molecule has 3 N–H and O–H groups in total. The Hall–Kier alpha value is -2.01. The van der Waals surface area contributed by atoms with Crippen LogP contribution in [0.4, 0.5) is 11.7 Å². The molecule has 0 amide bonds. The first kappa shape index (κ1) is 12.0. The highest BCUT2D eigenvalue weighted by Crippen LogP contribution is 2.23. The Bertz CT molecular complexity index is 702. The molecule has 5 heteroatoms. The molecule has 98 valence electrons. The number of nitrogens with two attached hydrogens (primary N) is 1. The summed E-state index contributed by atoms with van der Waals surface area (Å²) in [6.07, 6.45) is 1.05. The second kappa shape index (κ2) is 4.93. The molecule has 1 aromatic carbocycles. The van der Waals surface area contributed by atoms with Gasteiger partial charge in [-0.1, -0.05) is 6.92 Å². The van der Waals surface area contributed by atoms with E-state index in [0.29, 0.717) is 11.7 Å². The van der Waals surface area contributed by atoms with Crippen molar-refractivity contribution in [3.63, 3.8) is 0 Å². The zero-order chi connectivity index (χ0) is 13.2. The van der Waals surface area contributed by atoms with E-state index in [2.05, 4.69) is 28.7 Å². The fraction of sp³-hybridized carbons (Fsp3) is 0.214. The number of rotatable bonds is 4. The summed E-state index contributed by atoms with van der Waals surface area (Å²) < 4.78 is 5.62. The van der Waals surface area contributed by atoms with Gasteiger partial charge in [-0.05, 0) is 41.6 Å². The molecule has 0 saturated carbocycles. The fourth-order valence-corrected chi connectivity index (χ4v) is 2.93. The largest absolute Gasteiger partial charge is 0.424 e. The van der Waals surface area contributed by atoms with Crippen LogP contribution >= 0.6 is 11.3 Å². The summed E-state index contributed by atoms with van der Waals surface area (Å²) >= 11 is 1.75. The predicted octanol–water partition coefficient (Wildman–Crippen LogP) is 3.65. The van der Waals surface area contributed by atoms with Crippen molar-refractivity contribution in [3.05, 3.63) is 40.1 Å². The van der Waals surface area contributed by atoms with E-state index in [1.165, 1.54) is 10.4 Å². The summed E-state index contributed by atoms with van der Waals surface area (Å²) in [7, 11) is 0. The molecule has 2 heterocycles. The van der Waals surface area contributed by atoms with Gasteiger partial charge in [0.1, 0.15) is 5.52 Å². The minimum absolute atomic E-state index is 0.538. The second-order valence-corrected chi connectivity index (χ2v) is 5.32. The first-order valence-electron chi connectivity index (χ1n) is 6.21. The summed E-state index contributed by atoms with van der Waals surface area (Å²) in [5.41, 5.74) is 9.32. The maximum Gasteiger partial charge on any atom is 0.295 e. The van der Waals surface area contributed by atoms with Gasteiger partial charge in [0.05, 0.1) is 6.54 Å². The van der Waals surface area contributed by atoms with Crippen molar-refractivity contribution in [2.45, 2.75) is 19.9 Å². The topological polar surface area (TPSA) is 64.1 Å². The zero-order valence-corrected chi connectivity index (χ0v) is 11.5. The van der Waals surface area contributed by atoms with E-state index in [1.54, 1.807) is 11.3 Å². The SMILES string of the molecule is CCc1ccsc1CNc1nc2cc(N)ccc2o1. The van der Waals surface area contributed by atoms with Crippen LogP contribution in [0.15, 0.2) is 34.1 Å². The van der Waals surface area contributed by atoms with Crippen LogP contribution in [0.2, 0.25) is 0 Å². The smallest absolute Gasteiger partial charge is 0.295 e. The highest BCUT2D eigenvalue weighted by atomic mass is 32.1. The Kier molecular flexibility index (Phi) is 3.13. The first-order chi connectivity index (χ1) is 9.26. The van der Waals surface area contributed by atoms with Gasteiger partial charge in [0.2, 0.25) is 0 Å². The van der Waals surface area contributed by atoms with Crippen LogP contribution in [-0.2, 0) is 13.0 Å². The molecule has 0 aliphatic carbocycles. The Labute approximate surface area is 115 Å². The van der Waals surface area contributed by atoms with Gasteiger partial charge >= 0.3 is 0 Å². The summed E-state index contributed by atoms with van der Waals surface area (Å²) in [5, 5.41) is 5.34. The van der Waals surface area contributed by atoms with Crippen LogP contribution in [0.1, 0.15) is 17.4 Å². The van der Waals surface area contributed by atoms with Crippen molar-refractivity contribution < 1.29 is 4.42 Å². The van der Waals surface area contributed by atoms with Crippen LogP contribution in [0.5, 0.6) is 0 Å². The van der Waals surface area contributed by atoms with Crippen molar-refractivity contribution in [2.75, 3.05) is 11.1 Å². The highest BCUT2D eigenvalue weighted by Gasteiger charge is 2.07. The van der Waals surface area contributed by atoms with Gasteiger partial charge in [-0.2, -0.15) is 4.98 Å². The lowest BCUT2D eigenvalue weighted by molar-refractivity contribution is 0.614. The van der Waals surface area contributed by atoms with Gasteiger partial charge in [0, 0.05) is 10.6 Å². The van der Waals surface area contributed by atoms with E-state index in [0.717, 1.165) is 24.1 Å². The van der Waals surface area contributed by atoms with E-state index in [4.69, 9.17) is 10.2 Å². The van der Waals surface area contributed by atoms with Crippen molar-refractivity contribution >= 4 is 34.1 Å². The van der Waals surface area contributed by atoms with E-state index in [9.17, 15) is 0 Å². The number of aromatic nitrogens is 1. The molecule has 0 radical (unpaired) electrons. The molecule has 0 atom stereocenters. The molecule has 4 nitrogen and oxygen atoms in total. The monoisotopic (exact) mass is 273 g/mol. The molecule has 0 spiro atoms. The number of nitrogens with one attached hydrogen (secondary N) is 1. The Morgan fingerprint density at radius 1 is 1.37 bits per heavy atom. The molecule has 0 aliphatic heterocycles. The summed E-state index contributed by atoms with van der Waals surface area (Å²) in [5.74, 6) is 0. The van der Waals surface area contributed by atoms with Crippen LogP contribution in [0, 0.1) is 0 Å². The number of benzene rings is 1. The quantitative estimate of drug-likeness (QED) is 0.712. The lowest BCUT2D eigenvalue weighted by atomic mass is 10.2. The number of fused-ring (bicyclic) bond motifs is 1. The van der Waals surface area contributed by atoms with Crippen molar-refractivity contribution in [2.24, 2.45) is 0 Å². The van der Waals surface area contributed by atoms with Gasteiger partial charge in [0.15, 0.2) is 5.58 Å². The van der Waals surface area contributed by atoms with Gasteiger partial charge in [-0.3, -0.25) is 0 Å². The summed E-state index contributed by atoms with van der Waals surface area (Å²) in [6, 6.07) is 8.16. The number of aryl methyl sites for hydroxylation is 1. The zero-order valence-electron chi connectivity index (χ0n) is 10.6. The second-order valence-electron chi connectivity index (χ2n) is 4.32. The van der Waals surface area contributed by atoms with Crippen molar-refractivity contribution in [3.8, 4) is 0 Å². The third kappa shape index (κ3) is 2.42. The van der Waals surface area contributed by atoms with E-state index >= 15 is 0 Å². The number of hydrogen-bond donors (Lipinski definition) is 2. The third-order valence-corrected chi connectivity index (χ3v) is 3.99. The molecule has 19 heavy (non-hydrogen) atoms. The summed E-state index contributed by atoms with van der Waals surface area (Å²) in [6.45, 7) is 2.90. The minimum Gasteiger partial charge on any atom is -0.424 e. The summed E-state index contributed by atoms with van der Waals surface area (Å²) in [4.78, 5) is 5.70. The Balaban J connectivity index is 1.78. The molecule has 0 unspecified atom stereocenters. The van der Waals surface area contributed by atoms with Gasteiger partial charge in [0.25, 0.3) is 6.01 Å². The first-order valence-corrected chi connectivity index (χ1v) is 7.09. The number of oxazole rings is 1. The van der Waals surface area contributed by atoms with Crippen molar-refractivity contribution in [1.29, 1.82) is 0 Å². The average molecular weight is 273 g/mol. The van der Waals surface area contributed by atoms with Crippen LogP contribution in [0.3, 0.4) is 0 Å². The molecule has 2 aromatic heterocycles. The number of nitrogens with zero attached hydrogens (tertiary/aromatic N) is 1. The minimum atomic E-state index is 0.538. The average Bonchev–Trinajstić information content (AvgIpc) is 3.01. The van der Waals surface area contributed by atoms with E-state index in [1.807, 2.05) is 18.2 Å². The molecule has 3 rings (SSSR count). The molecular formula is C14H15N3OS. The highest BCUT2D eigenvalue weighted by molar-refractivity contribution is 7.10. The number of hydrogen-bond acceptors (Lipinski definition) is 5. The fourth-order valence-electron chi connectivity index (χ4n) is 2.01. The van der Waals surface area contributed by atoms with Crippen LogP contribution in [-0.4, -0.2) is 4.98 Å². The molecule has 0 fully saturated rings.